The van der Waals surface area contributed by atoms with Crippen LogP contribution >= 0.6 is 11.8 Å². The van der Waals surface area contributed by atoms with Gasteiger partial charge in [-0.1, -0.05) is 6.07 Å². The van der Waals surface area contributed by atoms with E-state index in [2.05, 4.69) is 5.10 Å². The first-order valence-electron chi connectivity index (χ1n) is 5.38. The highest BCUT2D eigenvalue weighted by Crippen LogP contribution is 2.25. The van der Waals surface area contributed by atoms with Crippen LogP contribution in [-0.2, 0) is 6.54 Å². The van der Waals surface area contributed by atoms with E-state index in [1.807, 2.05) is 24.5 Å². The summed E-state index contributed by atoms with van der Waals surface area (Å²) >= 11 is 1.63. The molecule has 4 N–H and O–H groups in total. The van der Waals surface area contributed by atoms with Crippen LogP contribution in [0.25, 0.3) is 5.69 Å². The van der Waals surface area contributed by atoms with Gasteiger partial charge in [0.15, 0.2) is 0 Å². The Morgan fingerprint density at radius 1 is 1.50 bits per heavy atom. The second-order valence-electron chi connectivity index (χ2n) is 3.70. The molecule has 0 fully saturated rings. The molecule has 94 valence electrons. The van der Waals surface area contributed by atoms with Crippen molar-refractivity contribution < 1.29 is 4.79 Å². The largest absolute Gasteiger partial charge is 0.366 e. The Hall–Kier alpha value is -1.79. The standard InChI is InChI=1S/C12H14N4OS/c1-18-11-4-2-3-10(9(11)5-13)16-7-8(6-15-16)12(14)17/h2-4,6-7H,5,13H2,1H3,(H2,14,17). The maximum atomic E-state index is 11.1. The molecule has 0 unspecified atom stereocenters. The van der Waals surface area contributed by atoms with Gasteiger partial charge in [0, 0.05) is 23.2 Å². The van der Waals surface area contributed by atoms with Gasteiger partial charge in [-0.05, 0) is 18.4 Å². The minimum absolute atomic E-state index is 0.382. The fraction of sp³-hybridized carbons (Fsp3) is 0.167. The lowest BCUT2D eigenvalue weighted by Gasteiger charge is -2.11. The molecule has 5 nitrogen and oxygen atoms in total. The molecule has 1 aromatic heterocycles. The van der Waals surface area contributed by atoms with Crippen LogP contribution in [0.5, 0.6) is 0 Å². The van der Waals surface area contributed by atoms with Gasteiger partial charge in [0.2, 0.25) is 0 Å². The number of carbonyl (C=O) groups excluding carboxylic acids is 1. The summed E-state index contributed by atoms with van der Waals surface area (Å²) in [6.45, 7) is 0.415. The van der Waals surface area contributed by atoms with Crippen LogP contribution in [-0.4, -0.2) is 21.9 Å². The highest BCUT2D eigenvalue weighted by molar-refractivity contribution is 7.98. The van der Waals surface area contributed by atoms with Gasteiger partial charge in [-0.3, -0.25) is 4.79 Å². The highest BCUT2D eigenvalue weighted by atomic mass is 32.2. The van der Waals surface area contributed by atoms with Crippen molar-refractivity contribution in [2.24, 2.45) is 11.5 Å². The molecule has 18 heavy (non-hydrogen) atoms. The first kappa shape index (κ1) is 12.7. The molecule has 0 atom stereocenters. The number of hydrogen-bond acceptors (Lipinski definition) is 4. The number of nitrogens with two attached hydrogens (primary N) is 2. The summed E-state index contributed by atoms with van der Waals surface area (Å²) in [5.74, 6) is -0.489. The lowest BCUT2D eigenvalue weighted by atomic mass is 10.2. The molecule has 0 bridgehead atoms. The van der Waals surface area contributed by atoms with Gasteiger partial charge in [0.25, 0.3) is 5.91 Å². The van der Waals surface area contributed by atoms with Crippen LogP contribution in [0.2, 0.25) is 0 Å². The molecule has 1 amide bonds. The lowest BCUT2D eigenvalue weighted by molar-refractivity contribution is 0.100. The first-order valence-corrected chi connectivity index (χ1v) is 6.60. The number of primary amides is 1. The second-order valence-corrected chi connectivity index (χ2v) is 4.55. The number of nitrogens with zero attached hydrogens (tertiary/aromatic N) is 2. The summed E-state index contributed by atoms with van der Waals surface area (Å²) in [6.07, 6.45) is 5.06. The fourth-order valence-corrected chi connectivity index (χ4v) is 2.40. The SMILES string of the molecule is CSc1cccc(-n2cc(C(N)=O)cn2)c1CN. The van der Waals surface area contributed by atoms with Gasteiger partial charge in [0.05, 0.1) is 17.4 Å². The topological polar surface area (TPSA) is 86.9 Å². The van der Waals surface area contributed by atoms with E-state index in [1.165, 1.54) is 6.20 Å². The number of hydrogen-bond donors (Lipinski definition) is 2. The van der Waals surface area contributed by atoms with E-state index in [-0.39, 0.29) is 0 Å². The summed E-state index contributed by atoms with van der Waals surface area (Å²) in [7, 11) is 0. The van der Waals surface area contributed by atoms with Crippen LogP contribution in [0.15, 0.2) is 35.5 Å². The highest BCUT2D eigenvalue weighted by Gasteiger charge is 2.11. The van der Waals surface area contributed by atoms with Crippen molar-refractivity contribution in [2.45, 2.75) is 11.4 Å². The predicted molar refractivity (Wildman–Crippen MR) is 71.8 cm³/mol. The van der Waals surface area contributed by atoms with E-state index in [9.17, 15) is 4.79 Å². The summed E-state index contributed by atoms with van der Waals surface area (Å²) < 4.78 is 1.63. The number of benzene rings is 1. The van der Waals surface area contributed by atoms with Gasteiger partial charge in [-0.2, -0.15) is 5.10 Å². The van der Waals surface area contributed by atoms with Crippen molar-refractivity contribution in [2.75, 3.05) is 6.26 Å². The van der Waals surface area contributed by atoms with Crippen molar-refractivity contribution in [3.05, 3.63) is 41.7 Å². The molecule has 0 spiro atoms. The third kappa shape index (κ3) is 2.25. The van der Waals surface area contributed by atoms with E-state index in [0.29, 0.717) is 12.1 Å². The Morgan fingerprint density at radius 2 is 2.28 bits per heavy atom. The van der Waals surface area contributed by atoms with E-state index >= 15 is 0 Å². The zero-order valence-electron chi connectivity index (χ0n) is 9.96. The average Bonchev–Trinajstić information content (AvgIpc) is 2.87. The zero-order valence-corrected chi connectivity index (χ0v) is 10.8. The van der Waals surface area contributed by atoms with Crippen LogP contribution in [0.4, 0.5) is 0 Å². The smallest absolute Gasteiger partial charge is 0.251 e. The minimum Gasteiger partial charge on any atom is -0.366 e. The maximum absolute atomic E-state index is 11.1. The summed E-state index contributed by atoms with van der Waals surface area (Å²) in [5, 5.41) is 4.14. The third-order valence-corrected chi connectivity index (χ3v) is 3.47. The van der Waals surface area contributed by atoms with Gasteiger partial charge < -0.3 is 11.5 Å². The van der Waals surface area contributed by atoms with Crippen LogP contribution < -0.4 is 11.5 Å². The zero-order chi connectivity index (χ0) is 13.1. The van der Waals surface area contributed by atoms with Gasteiger partial charge in [0.1, 0.15) is 0 Å². The summed E-state index contributed by atoms with van der Waals surface area (Å²) in [5.41, 5.74) is 13.3. The molecule has 2 rings (SSSR count). The molecule has 0 aliphatic heterocycles. The fourth-order valence-electron chi connectivity index (χ4n) is 1.75. The van der Waals surface area contributed by atoms with Gasteiger partial charge in [-0.15, -0.1) is 11.8 Å². The lowest BCUT2D eigenvalue weighted by Crippen LogP contribution is -2.10. The number of thioether (sulfide) groups is 1. The maximum Gasteiger partial charge on any atom is 0.251 e. The van der Waals surface area contributed by atoms with Gasteiger partial charge in [-0.25, -0.2) is 4.68 Å². The number of aromatic nitrogens is 2. The normalized spacial score (nSPS) is 10.6. The monoisotopic (exact) mass is 262 g/mol. The van der Waals surface area contributed by atoms with Crippen molar-refractivity contribution in [3.8, 4) is 5.69 Å². The molecular formula is C12H14N4OS. The van der Waals surface area contributed by atoms with E-state index in [4.69, 9.17) is 11.5 Å². The Kier molecular flexibility index (Phi) is 3.69. The molecule has 0 saturated heterocycles. The molecular weight excluding hydrogens is 248 g/mol. The minimum atomic E-state index is -0.489. The van der Waals surface area contributed by atoms with Crippen molar-refractivity contribution in [1.29, 1.82) is 0 Å². The molecule has 0 aliphatic rings. The van der Waals surface area contributed by atoms with E-state index in [1.54, 1.807) is 22.6 Å². The number of amides is 1. The van der Waals surface area contributed by atoms with Crippen LogP contribution in [0.1, 0.15) is 15.9 Å². The quantitative estimate of drug-likeness (QED) is 0.809. The molecule has 0 radical (unpaired) electrons. The van der Waals surface area contributed by atoms with Crippen LogP contribution in [0, 0.1) is 0 Å². The van der Waals surface area contributed by atoms with Crippen LogP contribution in [0.3, 0.4) is 0 Å². The third-order valence-electron chi connectivity index (χ3n) is 2.65. The first-order chi connectivity index (χ1) is 8.67. The van der Waals surface area contributed by atoms with E-state index in [0.717, 1.165) is 16.1 Å². The molecule has 1 aromatic carbocycles. The molecule has 2 aromatic rings. The Bertz CT molecular complexity index is 579. The number of rotatable bonds is 4. The Balaban J connectivity index is 2.52. The molecule has 0 aliphatic carbocycles. The average molecular weight is 262 g/mol. The molecule has 6 heteroatoms. The number of carbonyl (C=O) groups is 1. The predicted octanol–water partition coefficient (Wildman–Crippen LogP) is 1.15. The Morgan fingerprint density at radius 3 is 2.83 bits per heavy atom. The summed E-state index contributed by atoms with van der Waals surface area (Å²) in [6, 6.07) is 5.86. The van der Waals surface area contributed by atoms with Crippen molar-refractivity contribution >= 4 is 17.7 Å². The molecule has 1 heterocycles. The van der Waals surface area contributed by atoms with Crippen molar-refractivity contribution in [3.63, 3.8) is 0 Å². The summed E-state index contributed by atoms with van der Waals surface area (Å²) in [4.78, 5) is 12.2. The van der Waals surface area contributed by atoms with E-state index < -0.39 is 5.91 Å². The van der Waals surface area contributed by atoms with Gasteiger partial charge >= 0.3 is 0 Å². The second kappa shape index (κ2) is 5.24. The molecule has 0 saturated carbocycles. The Labute approximate surface area is 109 Å². The van der Waals surface area contributed by atoms with Crippen molar-refractivity contribution in [1.82, 2.24) is 9.78 Å².